The second-order valence-corrected chi connectivity index (χ2v) is 34.2. The number of rotatable bonds is 30. The van der Waals surface area contributed by atoms with E-state index in [1.54, 1.807) is 49.3 Å². The van der Waals surface area contributed by atoms with Gasteiger partial charge in [0.1, 0.15) is 0 Å². The summed E-state index contributed by atoms with van der Waals surface area (Å²) < 4.78 is 0. The average Bonchev–Trinajstić information content (AvgIpc) is 3.10. The Morgan fingerprint density at radius 2 is 0.500 bits per heavy atom. The summed E-state index contributed by atoms with van der Waals surface area (Å²) in [6, 6.07) is 0. The molecule has 3 nitrogen and oxygen atoms in total. The molecule has 0 heterocycles. The predicted molar refractivity (Wildman–Crippen MR) is 251 cm³/mol. The average molecular weight is 791 g/mol. The number of hydrogen-bond donors (Lipinski definition) is 3. The fourth-order valence-electron chi connectivity index (χ4n) is 7.61. The normalized spacial score (nSPS) is 12.0. The van der Waals surface area contributed by atoms with Crippen LogP contribution in [0.15, 0.2) is 0 Å². The van der Waals surface area contributed by atoms with E-state index in [1.807, 2.05) is 0 Å². The molecule has 0 aliphatic carbocycles. The molecule has 0 amide bonds. The fourth-order valence-corrected chi connectivity index (χ4v) is 22.8. The Kier molecular flexibility index (Phi) is 47.0. The molecule has 0 saturated heterocycles. The van der Waals surface area contributed by atoms with Crippen molar-refractivity contribution >= 4 is 29.0 Å². The first-order valence-corrected chi connectivity index (χ1v) is 32.5. The van der Waals surface area contributed by atoms with Gasteiger partial charge in [-0.3, -0.25) is 0 Å². The maximum atomic E-state index is 8.72. The highest BCUT2D eigenvalue weighted by Crippen LogP contribution is 2.62. The highest BCUT2D eigenvalue weighted by molar-refractivity contribution is 7.76. The largest absolute Gasteiger partial charge is 0.393 e. The van der Waals surface area contributed by atoms with E-state index >= 15 is 0 Å². The topological polar surface area (TPSA) is 60.7 Å². The van der Waals surface area contributed by atoms with Crippen LogP contribution < -0.4 is 0 Å². The number of aliphatic hydroxyl groups is 3. The summed E-state index contributed by atoms with van der Waals surface area (Å²) >= 11 is 0. The Hall–Kier alpha value is 1.60. The van der Waals surface area contributed by atoms with Gasteiger partial charge in [0.2, 0.25) is 0 Å². The summed E-state index contributed by atoms with van der Waals surface area (Å²) in [6.07, 6.45) is 37.9. The van der Waals surface area contributed by atoms with Crippen LogP contribution >= 0.6 is 29.0 Å². The van der Waals surface area contributed by atoms with Gasteiger partial charge >= 0.3 is 0 Å². The molecule has 3 N–H and O–H groups in total. The molecule has 0 fully saturated rings. The Labute approximate surface area is 322 Å². The summed E-state index contributed by atoms with van der Waals surface area (Å²) in [5.41, 5.74) is 0. The van der Waals surface area contributed by atoms with E-state index in [4.69, 9.17) is 15.3 Å². The van der Waals surface area contributed by atoms with Crippen LogP contribution in [0.4, 0.5) is 0 Å². The van der Waals surface area contributed by atoms with E-state index in [0.29, 0.717) is 0 Å². The first-order valence-electron chi connectivity index (χ1n) is 22.1. The molecule has 0 spiro atoms. The van der Waals surface area contributed by atoms with E-state index in [9.17, 15) is 0 Å². The molecular weight excluding hydrogens is 688 g/mol. The lowest BCUT2D eigenvalue weighted by Crippen LogP contribution is -2.13. The van der Waals surface area contributed by atoms with E-state index in [1.165, 1.54) is 102 Å². The Balaban J connectivity index is -0.000000290. The van der Waals surface area contributed by atoms with Gasteiger partial charge in [0, 0.05) is 35.7 Å². The number of unbranched alkanes of at least 4 members (excludes halogenated alkanes) is 4. The third-order valence-electron chi connectivity index (χ3n) is 11.3. The minimum absolute atomic E-state index is 0.171. The molecule has 0 atom stereocenters. The van der Waals surface area contributed by atoms with Crippen molar-refractivity contribution in [1.29, 1.82) is 0 Å². The Morgan fingerprint density at radius 1 is 0.280 bits per heavy atom. The zero-order valence-electron chi connectivity index (χ0n) is 37.3. The summed E-state index contributed by atoms with van der Waals surface area (Å²) in [5.74, 6) is 0. The van der Waals surface area contributed by atoms with Crippen molar-refractivity contribution in [2.75, 3.05) is 119 Å². The SMILES string of the molecule is CCCC[P+](CCCC)(CCCC)CCCC.CCC[P+](CCC)(CCC)CCC.CC[P+](CC)(CC)CC.C[P+](CCO)(CCO)CCO. The van der Waals surface area contributed by atoms with E-state index in [2.05, 4.69) is 89.7 Å². The molecule has 308 valence electrons. The van der Waals surface area contributed by atoms with Crippen molar-refractivity contribution in [3.63, 3.8) is 0 Å². The smallest absolute Gasteiger partial charge is 0.0824 e. The van der Waals surface area contributed by atoms with Crippen molar-refractivity contribution in [3.05, 3.63) is 0 Å². The van der Waals surface area contributed by atoms with E-state index in [0.717, 1.165) is 18.5 Å². The molecule has 0 unspecified atom stereocenters. The molecule has 50 heavy (non-hydrogen) atoms. The molecule has 0 rings (SSSR count). The molecular formula is C43H102O3P4+4. The third-order valence-corrected chi connectivity index (χ3v) is 31.2. The summed E-state index contributed by atoms with van der Waals surface area (Å²) in [5, 5.41) is 26.2. The van der Waals surface area contributed by atoms with Gasteiger partial charge in [-0.25, -0.2) is 0 Å². The van der Waals surface area contributed by atoms with Crippen LogP contribution in [-0.2, 0) is 0 Å². The van der Waals surface area contributed by atoms with Gasteiger partial charge in [-0.2, -0.15) is 0 Å². The summed E-state index contributed by atoms with van der Waals surface area (Å²) in [4.78, 5) is 0. The van der Waals surface area contributed by atoms with Crippen LogP contribution in [0, 0.1) is 0 Å². The highest BCUT2D eigenvalue weighted by atomic mass is 31.2. The van der Waals surface area contributed by atoms with Crippen LogP contribution in [0.2, 0.25) is 0 Å². The molecule has 7 heteroatoms. The molecule has 0 aromatic carbocycles. The van der Waals surface area contributed by atoms with Gasteiger partial charge in [0.05, 0.1) is 112 Å². The quantitative estimate of drug-likeness (QED) is 0.0635. The maximum absolute atomic E-state index is 8.72. The lowest BCUT2D eigenvalue weighted by Gasteiger charge is -2.28. The van der Waals surface area contributed by atoms with Crippen LogP contribution in [0.25, 0.3) is 0 Å². The van der Waals surface area contributed by atoms with E-state index < -0.39 is 29.0 Å². The highest BCUT2D eigenvalue weighted by Gasteiger charge is 2.35. The molecule has 0 aliphatic heterocycles. The van der Waals surface area contributed by atoms with Crippen molar-refractivity contribution in [2.24, 2.45) is 0 Å². The van der Waals surface area contributed by atoms with Gasteiger partial charge in [-0.1, -0.05) is 81.1 Å². The number of aliphatic hydroxyl groups excluding tert-OH is 3. The predicted octanol–water partition coefficient (Wildman–Crippen LogP) is 13.5. The van der Waals surface area contributed by atoms with Crippen molar-refractivity contribution < 1.29 is 15.3 Å². The van der Waals surface area contributed by atoms with Crippen LogP contribution in [0.3, 0.4) is 0 Å². The second kappa shape index (κ2) is 40.3. The molecule has 0 aromatic rings. The molecule has 0 aliphatic rings. The molecule has 0 saturated carbocycles. The zero-order valence-corrected chi connectivity index (χ0v) is 40.9. The van der Waals surface area contributed by atoms with Gasteiger partial charge in [-0.15, -0.1) is 0 Å². The summed E-state index contributed by atoms with van der Waals surface area (Å²) in [7, 11) is -2.70. The summed E-state index contributed by atoms with van der Waals surface area (Å²) in [6.45, 7) is 30.8. The molecule has 0 aromatic heterocycles. The molecule has 0 bridgehead atoms. The van der Waals surface area contributed by atoms with Gasteiger partial charge in [0.15, 0.2) is 0 Å². The van der Waals surface area contributed by atoms with Crippen molar-refractivity contribution in [2.45, 2.75) is 160 Å². The maximum Gasteiger partial charge on any atom is 0.0824 e. The lowest BCUT2D eigenvalue weighted by atomic mass is 10.4. The lowest BCUT2D eigenvalue weighted by molar-refractivity contribution is 0.308. The van der Waals surface area contributed by atoms with Crippen LogP contribution in [0.5, 0.6) is 0 Å². The van der Waals surface area contributed by atoms with E-state index in [-0.39, 0.29) is 19.8 Å². The Bertz CT molecular complexity index is 544. The first kappa shape index (κ1) is 58.3. The van der Waals surface area contributed by atoms with Gasteiger partial charge in [0.25, 0.3) is 0 Å². The fraction of sp³-hybridized carbons (Fsp3) is 1.00. The van der Waals surface area contributed by atoms with Crippen LogP contribution in [-0.4, -0.2) is 134 Å². The second-order valence-electron chi connectivity index (χ2n) is 15.5. The van der Waals surface area contributed by atoms with Crippen molar-refractivity contribution in [1.82, 2.24) is 0 Å². The third kappa shape index (κ3) is 30.9. The minimum atomic E-state index is -1.22. The minimum Gasteiger partial charge on any atom is -0.393 e. The van der Waals surface area contributed by atoms with Gasteiger partial charge in [-0.05, 0) is 79.1 Å². The first-order chi connectivity index (χ1) is 23.9. The standard InChI is InChI=1S/C16H36P.C12H28P.C8H20P.C7H18O3P/c1-5-9-13-17(14-10-6-2,15-11-7-3)16-12-8-4;1-5-9-13(10-6-2,11-7-3)12-8-4;1-5-9(6-2,7-3)8-4;1-11(5-2-8,6-3-9)7-4-10/h5-16H2,1-4H3;5-12H2,1-4H3;5-8H2,1-4H3;8-10H,2-7H2,1H3/q4*+1. The van der Waals surface area contributed by atoms with Crippen molar-refractivity contribution in [3.8, 4) is 0 Å². The van der Waals surface area contributed by atoms with Crippen LogP contribution in [0.1, 0.15) is 160 Å². The Morgan fingerprint density at radius 3 is 0.640 bits per heavy atom. The van der Waals surface area contributed by atoms with Gasteiger partial charge < -0.3 is 15.3 Å². The zero-order chi connectivity index (χ0) is 39.2. The molecule has 0 radical (unpaired) electrons. The monoisotopic (exact) mass is 791 g/mol. The number of hydrogen-bond acceptors (Lipinski definition) is 3.